The van der Waals surface area contributed by atoms with Crippen molar-refractivity contribution >= 4 is 5.91 Å². The van der Waals surface area contributed by atoms with Crippen LogP contribution in [0.25, 0.3) is 0 Å². The van der Waals surface area contributed by atoms with Crippen molar-refractivity contribution in [2.45, 2.75) is 31.7 Å². The number of hydrogen-bond donors (Lipinski definition) is 1. The zero-order valence-corrected chi connectivity index (χ0v) is 11.1. The Hall–Kier alpha value is -1.35. The fourth-order valence-electron chi connectivity index (χ4n) is 2.64. The number of nitrogens with zero attached hydrogens (tertiary/aromatic N) is 1. The van der Waals surface area contributed by atoms with Gasteiger partial charge in [0.05, 0.1) is 0 Å². The van der Waals surface area contributed by atoms with Crippen molar-refractivity contribution in [3.63, 3.8) is 0 Å². The van der Waals surface area contributed by atoms with Crippen molar-refractivity contribution in [3.05, 3.63) is 35.9 Å². The van der Waals surface area contributed by atoms with Gasteiger partial charge >= 0.3 is 0 Å². The predicted molar refractivity (Wildman–Crippen MR) is 73.4 cm³/mol. The molecule has 1 amide bonds. The van der Waals surface area contributed by atoms with Crippen LogP contribution in [0.1, 0.15) is 24.8 Å². The molecule has 0 radical (unpaired) electrons. The number of carbonyl (C=O) groups is 1. The van der Waals surface area contributed by atoms with E-state index in [0.717, 1.165) is 32.4 Å². The summed E-state index contributed by atoms with van der Waals surface area (Å²) in [6.45, 7) is 1.70. The highest BCUT2D eigenvalue weighted by Crippen LogP contribution is 2.21. The molecule has 0 saturated carbocycles. The van der Waals surface area contributed by atoms with Gasteiger partial charge in [0.2, 0.25) is 5.91 Å². The predicted octanol–water partition coefficient (Wildman–Crippen LogP) is 1.83. The summed E-state index contributed by atoms with van der Waals surface area (Å²) in [6, 6.07) is 10.9. The smallest absolute Gasteiger partial charge is 0.224 e. The van der Waals surface area contributed by atoms with Gasteiger partial charge in [-0.3, -0.25) is 4.79 Å². The van der Waals surface area contributed by atoms with Gasteiger partial charge in [-0.15, -0.1) is 0 Å². The Morgan fingerprint density at radius 2 is 2.17 bits per heavy atom. The molecule has 1 N–H and O–H groups in total. The first kappa shape index (κ1) is 13.1. The third-order valence-corrected chi connectivity index (χ3v) is 3.60. The van der Waals surface area contributed by atoms with E-state index in [1.165, 1.54) is 5.56 Å². The topological polar surface area (TPSA) is 32.3 Å². The summed E-state index contributed by atoms with van der Waals surface area (Å²) in [5.74, 6) is 0.294. The largest absolute Gasteiger partial charge is 0.339 e. The first-order valence-corrected chi connectivity index (χ1v) is 6.79. The second-order valence-corrected chi connectivity index (χ2v) is 4.93. The van der Waals surface area contributed by atoms with Crippen LogP contribution in [0.4, 0.5) is 0 Å². The molecule has 1 fully saturated rings. The van der Waals surface area contributed by atoms with E-state index in [1.54, 1.807) is 0 Å². The van der Waals surface area contributed by atoms with Crippen LogP contribution >= 0.6 is 0 Å². The van der Waals surface area contributed by atoms with E-state index >= 15 is 0 Å². The van der Waals surface area contributed by atoms with Crippen molar-refractivity contribution in [1.82, 2.24) is 10.2 Å². The third-order valence-electron chi connectivity index (χ3n) is 3.60. The van der Waals surface area contributed by atoms with Crippen LogP contribution in [-0.4, -0.2) is 37.0 Å². The molecule has 1 atom stereocenters. The summed E-state index contributed by atoms with van der Waals surface area (Å²) in [6.07, 6.45) is 3.89. The van der Waals surface area contributed by atoms with Crippen LogP contribution < -0.4 is 5.32 Å². The van der Waals surface area contributed by atoms with Gasteiger partial charge in [0.15, 0.2) is 0 Å². The van der Waals surface area contributed by atoms with Gasteiger partial charge in [-0.05, 0) is 31.9 Å². The van der Waals surface area contributed by atoms with E-state index in [4.69, 9.17) is 0 Å². The number of amides is 1. The van der Waals surface area contributed by atoms with E-state index in [-0.39, 0.29) is 0 Å². The quantitative estimate of drug-likeness (QED) is 0.859. The normalized spacial score (nSPS) is 19.2. The fourth-order valence-corrected chi connectivity index (χ4v) is 2.64. The van der Waals surface area contributed by atoms with Gasteiger partial charge in [0.25, 0.3) is 0 Å². The highest BCUT2D eigenvalue weighted by molar-refractivity contribution is 5.77. The zero-order valence-electron chi connectivity index (χ0n) is 11.1. The number of rotatable bonds is 5. The summed E-state index contributed by atoms with van der Waals surface area (Å²) in [5, 5.41) is 3.04. The molecule has 98 valence electrons. The Morgan fingerprint density at radius 1 is 1.39 bits per heavy atom. The molecule has 3 heteroatoms. The van der Waals surface area contributed by atoms with Crippen LogP contribution in [0.15, 0.2) is 30.3 Å². The summed E-state index contributed by atoms with van der Waals surface area (Å²) < 4.78 is 0. The molecule has 3 nitrogen and oxygen atoms in total. The average molecular weight is 246 g/mol. The van der Waals surface area contributed by atoms with Gasteiger partial charge in [0.1, 0.15) is 0 Å². The maximum atomic E-state index is 12.1. The van der Waals surface area contributed by atoms with Gasteiger partial charge in [-0.25, -0.2) is 0 Å². The maximum absolute atomic E-state index is 12.1. The van der Waals surface area contributed by atoms with E-state index in [2.05, 4.69) is 34.5 Å². The minimum absolute atomic E-state index is 0.294. The van der Waals surface area contributed by atoms with Gasteiger partial charge < -0.3 is 10.2 Å². The number of likely N-dealkylation sites (tertiary alicyclic amines) is 1. The summed E-state index contributed by atoms with van der Waals surface area (Å²) in [5.41, 5.74) is 1.33. The molecule has 2 rings (SSSR count). The highest BCUT2D eigenvalue weighted by Gasteiger charge is 2.27. The second kappa shape index (κ2) is 6.55. The number of benzene rings is 1. The van der Waals surface area contributed by atoms with Crippen molar-refractivity contribution in [2.75, 3.05) is 20.1 Å². The van der Waals surface area contributed by atoms with E-state index in [1.807, 2.05) is 13.1 Å². The molecule has 0 bridgehead atoms. The monoisotopic (exact) mass is 246 g/mol. The Morgan fingerprint density at radius 3 is 2.89 bits per heavy atom. The molecule has 1 aliphatic heterocycles. The van der Waals surface area contributed by atoms with Crippen LogP contribution in [0.2, 0.25) is 0 Å². The Bertz CT molecular complexity index is 377. The standard InChI is InChI=1S/C15H22N2O/c1-16-10-9-15(18)17-11-5-8-14(17)12-13-6-3-2-4-7-13/h2-4,6-7,14,16H,5,8-12H2,1H3. The third kappa shape index (κ3) is 3.33. The Kier molecular flexibility index (Phi) is 4.76. The summed E-state index contributed by atoms with van der Waals surface area (Å²) in [7, 11) is 1.89. The van der Waals surface area contributed by atoms with Crippen molar-refractivity contribution in [2.24, 2.45) is 0 Å². The number of carbonyl (C=O) groups excluding carboxylic acids is 1. The van der Waals surface area contributed by atoms with E-state index in [9.17, 15) is 4.79 Å². The first-order valence-electron chi connectivity index (χ1n) is 6.79. The first-order chi connectivity index (χ1) is 8.81. The number of hydrogen-bond acceptors (Lipinski definition) is 2. The lowest BCUT2D eigenvalue weighted by Gasteiger charge is -2.25. The molecular formula is C15H22N2O. The van der Waals surface area contributed by atoms with Crippen LogP contribution in [-0.2, 0) is 11.2 Å². The summed E-state index contributed by atoms with van der Waals surface area (Å²) in [4.78, 5) is 14.2. The lowest BCUT2D eigenvalue weighted by molar-refractivity contribution is -0.131. The van der Waals surface area contributed by atoms with E-state index in [0.29, 0.717) is 18.4 Å². The van der Waals surface area contributed by atoms with Gasteiger partial charge in [0, 0.05) is 25.6 Å². The molecule has 18 heavy (non-hydrogen) atoms. The molecule has 1 heterocycles. The molecule has 1 saturated heterocycles. The van der Waals surface area contributed by atoms with Crippen molar-refractivity contribution in [1.29, 1.82) is 0 Å². The average Bonchev–Trinajstić information content (AvgIpc) is 2.85. The number of nitrogens with one attached hydrogen (secondary N) is 1. The molecule has 0 aromatic heterocycles. The van der Waals surface area contributed by atoms with E-state index < -0.39 is 0 Å². The maximum Gasteiger partial charge on any atom is 0.224 e. The lowest BCUT2D eigenvalue weighted by atomic mass is 10.0. The van der Waals surface area contributed by atoms with Crippen molar-refractivity contribution in [3.8, 4) is 0 Å². The molecular weight excluding hydrogens is 224 g/mol. The highest BCUT2D eigenvalue weighted by atomic mass is 16.2. The molecule has 1 aromatic rings. The van der Waals surface area contributed by atoms with Crippen LogP contribution in [0.5, 0.6) is 0 Å². The second-order valence-electron chi connectivity index (χ2n) is 4.93. The SMILES string of the molecule is CNCCC(=O)N1CCCC1Cc1ccccc1. The fraction of sp³-hybridized carbons (Fsp3) is 0.533. The van der Waals surface area contributed by atoms with Crippen LogP contribution in [0.3, 0.4) is 0 Å². The Balaban J connectivity index is 1.93. The molecule has 0 aliphatic carbocycles. The summed E-state index contributed by atoms with van der Waals surface area (Å²) >= 11 is 0. The zero-order chi connectivity index (χ0) is 12.8. The van der Waals surface area contributed by atoms with Crippen molar-refractivity contribution < 1.29 is 4.79 Å². The minimum Gasteiger partial charge on any atom is -0.339 e. The van der Waals surface area contributed by atoms with Crippen LogP contribution in [0, 0.1) is 0 Å². The lowest BCUT2D eigenvalue weighted by Crippen LogP contribution is -2.37. The molecule has 0 spiro atoms. The van der Waals surface area contributed by atoms with Gasteiger partial charge in [-0.2, -0.15) is 0 Å². The Labute approximate surface area is 109 Å². The minimum atomic E-state index is 0.294. The molecule has 1 aromatic carbocycles. The van der Waals surface area contributed by atoms with Gasteiger partial charge in [-0.1, -0.05) is 30.3 Å². The molecule has 1 aliphatic rings. The molecule has 1 unspecified atom stereocenters.